The zero-order valence-electron chi connectivity index (χ0n) is 11.1. The van der Waals surface area contributed by atoms with Crippen molar-refractivity contribution in [2.45, 2.75) is 31.8 Å². The molecule has 0 radical (unpaired) electrons. The fraction of sp³-hybridized carbons (Fsp3) is 0.500. The van der Waals surface area contributed by atoms with Crippen LogP contribution in [0.1, 0.15) is 31.4 Å². The van der Waals surface area contributed by atoms with Crippen molar-refractivity contribution in [2.24, 2.45) is 0 Å². The van der Waals surface area contributed by atoms with Crippen molar-refractivity contribution < 1.29 is 4.79 Å². The van der Waals surface area contributed by atoms with E-state index in [1.807, 2.05) is 25.2 Å². The minimum atomic E-state index is 0.182. The summed E-state index contributed by atoms with van der Waals surface area (Å²) < 4.78 is 0. The third kappa shape index (κ3) is 3.62. The van der Waals surface area contributed by atoms with Crippen molar-refractivity contribution in [3.05, 3.63) is 33.8 Å². The maximum atomic E-state index is 11.4. The van der Waals surface area contributed by atoms with Gasteiger partial charge in [0.1, 0.15) is 0 Å². The highest BCUT2D eigenvalue weighted by Gasteiger charge is 2.24. The highest BCUT2D eigenvalue weighted by Crippen LogP contribution is 2.26. The number of likely N-dealkylation sites (tertiary alicyclic amines) is 1. The van der Waals surface area contributed by atoms with Crippen molar-refractivity contribution in [1.82, 2.24) is 10.2 Å². The van der Waals surface area contributed by atoms with Crippen molar-refractivity contribution in [2.75, 3.05) is 13.6 Å². The van der Waals surface area contributed by atoms with Crippen LogP contribution in [0.25, 0.3) is 0 Å². The topological polar surface area (TPSA) is 32.3 Å². The van der Waals surface area contributed by atoms with E-state index in [1.54, 1.807) is 4.90 Å². The minimum Gasteiger partial charge on any atom is -0.344 e. The fourth-order valence-electron chi connectivity index (χ4n) is 2.38. The number of carbonyl (C=O) groups is 1. The maximum absolute atomic E-state index is 11.4. The van der Waals surface area contributed by atoms with E-state index in [0.717, 1.165) is 18.5 Å². The second kappa shape index (κ2) is 6.12. The molecule has 1 heterocycles. The van der Waals surface area contributed by atoms with Gasteiger partial charge in [-0.15, -0.1) is 0 Å². The first-order valence-electron chi connectivity index (χ1n) is 6.42. The van der Waals surface area contributed by atoms with Gasteiger partial charge in [-0.1, -0.05) is 29.3 Å². The van der Waals surface area contributed by atoms with Gasteiger partial charge in [0.15, 0.2) is 0 Å². The number of rotatable bonds is 3. The Morgan fingerprint density at radius 1 is 1.37 bits per heavy atom. The predicted octanol–water partition coefficient (Wildman–Crippen LogP) is 3.26. The van der Waals surface area contributed by atoms with E-state index in [9.17, 15) is 4.79 Å². The Kier molecular flexibility index (Phi) is 4.71. The van der Waals surface area contributed by atoms with E-state index in [2.05, 4.69) is 12.2 Å². The molecular formula is C14H18Cl2N2O. The SMILES string of the molecule is CC(NC1CCC(=O)N(C)C1)c1ccc(Cl)c(Cl)c1. The number of piperidine rings is 1. The Labute approximate surface area is 123 Å². The lowest BCUT2D eigenvalue weighted by Gasteiger charge is -2.32. The molecule has 1 aliphatic heterocycles. The average Bonchev–Trinajstić information content (AvgIpc) is 2.37. The fourth-order valence-corrected chi connectivity index (χ4v) is 2.69. The summed E-state index contributed by atoms with van der Waals surface area (Å²) >= 11 is 11.9. The summed E-state index contributed by atoms with van der Waals surface area (Å²) in [6.07, 6.45) is 1.50. The molecular weight excluding hydrogens is 283 g/mol. The van der Waals surface area contributed by atoms with Crippen molar-refractivity contribution >= 4 is 29.1 Å². The molecule has 0 bridgehead atoms. The minimum absolute atomic E-state index is 0.182. The molecule has 1 saturated heterocycles. The van der Waals surface area contributed by atoms with Crippen LogP contribution < -0.4 is 5.32 Å². The summed E-state index contributed by atoms with van der Waals surface area (Å²) in [4.78, 5) is 13.2. The van der Waals surface area contributed by atoms with Crippen LogP contribution in [0.3, 0.4) is 0 Å². The first-order valence-corrected chi connectivity index (χ1v) is 7.18. The van der Waals surface area contributed by atoms with Gasteiger partial charge in [0.25, 0.3) is 0 Å². The van der Waals surface area contributed by atoms with Gasteiger partial charge in [0, 0.05) is 32.1 Å². The van der Waals surface area contributed by atoms with Gasteiger partial charge < -0.3 is 10.2 Å². The van der Waals surface area contributed by atoms with E-state index < -0.39 is 0 Å². The molecule has 0 aromatic heterocycles. The summed E-state index contributed by atoms with van der Waals surface area (Å²) in [6.45, 7) is 2.85. The summed E-state index contributed by atoms with van der Waals surface area (Å²) in [6, 6.07) is 6.19. The summed E-state index contributed by atoms with van der Waals surface area (Å²) in [7, 11) is 1.85. The first-order chi connectivity index (χ1) is 8.97. The van der Waals surface area contributed by atoms with Gasteiger partial charge in [-0.25, -0.2) is 0 Å². The number of amides is 1. The zero-order chi connectivity index (χ0) is 14.0. The lowest BCUT2D eigenvalue weighted by Crippen LogP contribution is -2.47. The Morgan fingerprint density at radius 2 is 2.11 bits per heavy atom. The van der Waals surface area contributed by atoms with Crippen LogP contribution in [0.4, 0.5) is 0 Å². The van der Waals surface area contributed by atoms with Crippen LogP contribution in [0.15, 0.2) is 18.2 Å². The molecule has 5 heteroatoms. The van der Waals surface area contributed by atoms with E-state index >= 15 is 0 Å². The van der Waals surface area contributed by atoms with Gasteiger partial charge in [-0.3, -0.25) is 4.79 Å². The molecule has 1 N–H and O–H groups in total. The van der Waals surface area contributed by atoms with E-state index in [4.69, 9.17) is 23.2 Å². The molecule has 104 valence electrons. The molecule has 19 heavy (non-hydrogen) atoms. The van der Waals surface area contributed by atoms with E-state index in [1.165, 1.54) is 0 Å². The quantitative estimate of drug-likeness (QED) is 0.929. The number of carbonyl (C=O) groups excluding carboxylic acids is 1. The number of nitrogens with one attached hydrogen (secondary N) is 1. The number of likely N-dealkylation sites (N-methyl/N-ethyl adjacent to an activating group) is 1. The lowest BCUT2D eigenvalue weighted by atomic mass is 10.0. The predicted molar refractivity (Wildman–Crippen MR) is 78.7 cm³/mol. The molecule has 0 saturated carbocycles. The maximum Gasteiger partial charge on any atom is 0.222 e. The van der Waals surface area contributed by atoms with E-state index in [-0.39, 0.29) is 11.9 Å². The number of hydrogen-bond acceptors (Lipinski definition) is 2. The Morgan fingerprint density at radius 3 is 2.74 bits per heavy atom. The first kappa shape index (κ1) is 14.6. The third-order valence-electron chi connectivity index (χ3n) is 3.56. The van der Waals surface area contributed by atoms with E-state index in [0.29, 0.717) is 22.5 Å². The molecule has 1 aromatic carbocycles. The van der Waals surface area contributed by atoms with Crippen LogP contribution >= 0.6 is 23.2 Å². The van der Waals surface area contributed by atoms with Crippen molar-refractivity contribution in [3.63, 3.8) is 0 Å². The third-order valence-corrected chi connectivity index (χ3v) is 4.30. The Hall–Kier alpha value is -0.770. The molecule has 0 spiro atoms. The molecule has 1 fully saturated rings. The number of benzene rings is 1. The Bertz CT molecular complexity index is 479. The molecule has 2 unspecified atom stereocenters. The van der Waals surface area contributed by atoms with Crippen LogP contribution in [0.5, 0.6) is 0 Å². The van der Waals surface area contributed by atoms with Crippen molar-refractivity contribution in [1.29, 1.82) is 0 Å². The number of nitrogens with zero attached hydrogens (tertiary/aromatic N) is 1. The highest BCUT2D eigenvalue weighted by molar-refractivity contribution is 6.42. The van der Waals surface area contributed by atoms with Gasteiger partial charge in [-0.2, -0.15) is 0 Å². The molecule has 2 atom stereocenters. The molecule has 2 rings (SSSR count). The number of hydrogen-bond donors (Lipinski definition) is 1. The highest BCUT2D eigenvalue weighted by atomic mass is 35.5. The smallest absolute Gasteiger partial charge is 0.222 e. The van der Waals surface area contributed by atoms with Crippen molar-refractivity contribution in [3.8, 4) is 0 Å². The Balaban J connectivity index is 1.98. The van der Waals surface area contributed by atoms with Crippen LogP contribution in [0, 0.1) is 0 Å². The summed E-state index contributed by atoms with van der Waals surface area (Å²) in [5.74, 6) is 0.222. The molecule has 1 aromatic rings. The molecule has 0 aliphatic carbocycles. The normalized spacial score (nSPS) is 21.6. The van der Waals surface area contributed by atoms with Crippen LogP contribution in [-0.4, -0.2) is 30.4 Å². The summed E-state index contributed by atoms with van der Waals surface area (Å²) in [5, 5.41) is 4.68. The van der Waals surface area contributed by atoms with Gasteiger partial charge in [-0.05, 0) is 31.0 Å². The second-order valence-corrected chi connectivity index (χ2v) is 5.89. The molecule has 1 amide bonds. The average molecular weight is 301 g/mol. The molecule has 3 nitrogen and oxygen atoms in total. The number of halogens is 2. The van der Waals surface area contributed by atoms with Gasteiger partial charge in [0.05, 0.1) is 10.0 Å². The second-order valence-electron chi connectivity index (χ2n) is 5.07. The van der Waals surface area contributed by atoms with Gasteiger partial charge >= 0.3 is 0 Å². The monoisotopic (exact) mass is 300 g/mol. The van der Waals surface area contributed by atoms with Gasteiger partial charge in [0.2, 0.25) is 5.91 Å². The largest absolute Gasteiger partial charge is 0.344 e. The summed E-state index contributed by atoms with van der Waals surface area (Å²) in [5.41, 5.74) is 1.11. The molecule has 1 aliphatic rings. The standard InChI is InChI=1S/C14H18Cl2N2O/c1-9(10-3-5-12(15)13(16)7-10)17-11-4-6-14(19)18(2)8-11/h3,5,7,9,11,17H,4,6,8H2,1-2H3. The zero-order valence-corrected chi connectivity index (χ0v) is 12.6. The van der Waals surface area contributed by atoms with Crippen LogP contribution in [-0.2, 0) is 4.79 Å². The lowest BCUT2D eigenvalue weighted by molar-refractivity contribution is -0.132. The van der Waals surface area contributed by atoms with Crippen LogP contribution in [0.2, 0.25) is 10.0 Å².